The zero-order valence-electron chi connectivity index (χ0n) is 12.0. The molecule has 0 N–H and O–H groups in total. The largest absolute Gasteiger partial charge is 0.418 e. The molecule has 0 fully saturated rings. The van der Waals surface area contributed by atoms with Gasteiger partial charge < -0.3 is 9.42 Å². The topological polar surface area (TPSA) is 53.1 Å². The highest BCUT2D eigenvalue weighted by atomic mass is 79.9. The van der Waals surface area contributed by atoms with Crippen molar-refractivity contribution in [1.29, 1.82) is 5.26 Å². The quantitative estimate of drug-likeness (QED) is 0.773. The Morgan fingerprint density at radius 3 is 2.78 bits per heavy atom. The molecule has 120 valence electrons. The molecule has 1 aliphatic rings. The second-order valence-corrected chi connectivity index (χ2v) is 6.20. The molecule has 3 rings (SSSR count). The van der Waals surface area contributed by atoms with E-state index < -0.39 is 11.7 Å². The van der Waals surface area contributed by atoms with Crippen molar-refractivity contribution in [3.8, 4) is 6.07 Å². The average molecular weight is 386 g/mol. The van der Waals surface area contributed by atoms with Gasteiger partial charge in [-0.15, -0.1) is 0 Å². The summed E-state index contributed by atoms with van der Waals surface area (Å²) in [6.45, 7) is 2.16. The summed E-state index contributed by atoms with van der Waals surface area (Å²) in [7, 11) is 0. The summed E-state index contributed by atoms with van der Waals surface area (Å²) in [5.74, 6) is 0.550. The minimum Gasteiger partial charge on any atom is -0.361 e. The first-order chi connectivity index (χ1) is 10.8. The second kappa shape index (κ2) is 5.57. The van der Waals surface area contributed by atoms with Gasteiger partial charge in [-0.3, -0.25) is 0 Å². The molecule has 1 aromatic carbocycles. The van der Waals surface area contributed by atoms with Crippen molar-refractivity contribution in [1.82, 2.24) is 5.16 Å². The van der Waals surface area contributed by atoms with Gasteiger partial charge in [0.05, 0.1) is 23.7 Å². The highest BCUT2D eigenvalue weighted by Crippen LogP contribution is 2.43. The molecule has 1 atom stereocenters. The Morgan fingerprint density at radius 2 is 2.22 bits per heavy atom. The summed E-state index contributed by atoms with van der Waals surface area (Å²) in [5, 5.41) is 12.7. The smallest absolute Gasteiger partial charge is 0.361 e. The molecule has 0 radical (unpaired) electrons. The second-order valence-electron chi connectivity index (χ2n) is 5.39. The van der Waals surface area contributed by atoms with Crippen LogP contribution in [0.5, 0.6) is 0 Å². The number of hydrogen-bond donors (Lipinski definition) is 0. The van der Waals surface area contributed by atoms with Crippen molar-refractivity contribution in [3.63, 3.8) is 0 Å². The van der Waals surface area contributed by atoms with E-state index in [1.54, 1.807) is 18.2 Å². The third kappa shape index (κ3) is 2.81. The fraction of sp³-hybridized carbons (Fsp3) is 0.333. The van der Waals surface area contributed by atoms with E-state index in [1.807, 2.05) is 11.8 Å². The minimum atomic E-state index is -4.55. The number of nitrogens with zero attached hydrogens (tertiary/aromatic N) is 3. The van der Waals surface area contributed by atoms with Gasteiger partial charge in [-0.05, 0) is 47.0 Å². The van der Waals surface area contributed by atoms with Gasteiger partial charge in [0.15, 0.2) is 5.76 Å². The SMILES string of the molecule is CC1Cc2c(ccc(C#N)c2C(F)(F)F)N1Cc1cc(Br)no1. The van der Waals surface area contributed by atoms with Gasteiger partial charge in [-0.2, -0.15) is 18.4 Å². The number of anilines is 1. The summed E-state index contributed by atoms with van der Waals surface area (Å²) in [6.07, 6.45) is -4.32. The molecule has 23 heavy (non-hydrogen) atoms. The molecule has 1 aromatic heterocycles. The van der Waals surface area contributed by atoms with E-state index in [1.165, 1.54) is 6.07 Å². The van der Waals surface area contributed by atoms with E-state index in [0.717, 1.165) is 0 Å². The molecule has 1 aliphatic heterocycles. The van der Waals surface area contributed by atoms with E-state index in [0.29, 0.717) is 22.6 Å². The summed E-state index contributed by atoms with van der Waals surface area (Å²) >= 11 is 3.18. The predicted octanol–water partition coefficient (Wildman–Crippen LogP) is 4.28. The van der Waals surface area contributed by atoms with Crippen LogP contribution < -0.4 is 4.90 Å². The maximum atomic E-state index is 13.4. The molecule has 1 unspecified atom stereocenters. The van der Waals surface area contributed by atoms with Crippen molar-refractivity contribution < 1.29 is 17.7 Å². The molecular weight excluding hydrogens is 375 g/mol. The predicted molar refractivity (Wildman–Crippen MR) is 79.7 cm³/mol. The number of alkyl halides is 3. The Bertz CT molecular complexity index is 794. The summed E-state index contributed by atoms with van der Waals surface area (Å²) < 4.78 is 45.8. The van der Waals surface area contributed by atoms with Crippen LogP contribution in [0.25, 0.3) is 0 Å². The van der Waals surface area contributed by atoms with Crippen LogP contribution in [0.1, 0.15) is 29.4 Å². The van der Waals surface area contributed by atoms with Crippen LogP contribution in [0.2, 0.25) is 0 Å². The van der Waals surface area contributed by atoms with Crippen molar-refractivity contribution >= 4 is 21.6 Å². The lowest BCUT2D eigenvalue weighted by molar-refractivity contribution is -0.138. The van der Waals surface area contributed by atoms with Crippen molar-refractivity contribution in [2.45, 2.75) is 32.1 Å². The first kappa shape index (κ1) is 15.9. The first-order valence-corrected chi connectivity index (χ1v) is 7.61. The molecule has 0 saturated heterocycles. The van der Waals surface area contributed by atoms with Gasteiger partial charge in [-0.25, -0.2) is 0 Å². The van der Waals surface area contributed by atoms with Crippen molar-refractivity contribution in [2.24, 2.45) is 0 Å². The molecule has 4 nitrogen and oxygen atoms in total. The van der Waals surface area contributed by atoms with E-state index in [-0.39, 0.29) is 23.6 Å². The van der Waals surface area contributed by atoms with Crippen molar-refractivity contribution in [3.05, 3.63) is 45.3 Å². The van der Waals surface area contributed by atoms with Crippen LogP contribution in [0, 0.1) is 11.3 Å². The zero-order valence-corrected chi connectivity index (χ0v) is 13.6. The number of halogens is 4. The fourth-order valence-electron chi connectivity index (χ4n) is 2.94. The molecule has 0 aliphatic carbocycles. The van der Waals surface area contributed by atoms with Crippen LogP contribution >= 0.6 is 15.9 Å². The molecule has 0 amide bonds. The Labute approximate surface area is 138 Å². The standard InChI is InChI=1S/C15H11BrF3N3O/c1-8-4-11-12(22(8)7-10-5-13(16)21-23-10)3-2-9(6-20)14(11)15(17,18)19/h2-3,5,8H,4,7H2,1H3. The molecule has 2 aromatic rings. The molecule has 2 heterocycles. The van der Waals surface area contributed by atoms with E-state index in [2.05, 4.69) is 21.1 Å². The van der Waals surface area contributed by atoms with Gasteiger partial charge >= 0.3 is 6.18 Å². The monoisotopic (exact) mass is 385 g/mol. The lowest BCUT2D eigenvalue weighted by Gasteiger charge is -2.23. The van der Waals surface area contributed by atoms with Crippen LogP contribution in [0.4, 0.5) is 18.9 Å². The van der Waals surface area contributed by atoms with E-state index in [9.17, 15) is 13.2 Å². The lowest BCUT2D eigenvalue weighted by atomic mass is 9.98. The molecule has 0 bridgehead atoms. The maximum Gasteiger partial charge on any atom is 0.418 e. The lowest BCUT2D eigenvalue weighted by Crippen LogP contribution is -2.28. The zero-order chi connectivity index (χ0) is 16.8. The Morgan fingerprint density at radius 1 is 1.48 bits per heavy atom. The van der Waals surface area contributed by atoms with Gasteiger partial charge in [0.1, 0.15) is 4.60 Å². The molecule has 0 saturated carbocycles. The number of nitriles is 1. The minimum absolute atomic E-state index is 0.135. The average Bonchev–Trinajstić information content (AvgIpc) is 3.01. The summed E-state index contributed by atoms with van der Waals surface area (Å²) in [5.41, 5.74) is -0.516. The molecular formula is C15H11BrF3N3O. The summed E-state index contributed by atoms with van der Waals surface area (Å²) in [4.78, 5) is 1.83. The van der Waals surface area contributed by atoms with Crippen LogP contribution in [0.3, 0.4) is 0 Å². The van der Waals surface area contributed by atoms with Crippen molar-refractivity contribution in [2.75, 3.05) is 4.90 Å². The number of fused-ring (bicyclic) bond motifs is 1. The van der Waals surface area contributed by atoms with Gasteiger partial charge in [0, 0.05) is 17.8 Å². The van der Waals surface area contributed by atoms with Gasteiger partial charge in [-0.1, -0.05) is 5.16 Å². The van der Waals surface area contributed by atoms with E-state index >= 15 is 0 Å². The van der Waals surface area contributed by atoms with Crippen LogP contribution in [-0.4, -0.2) is 11.2 Å². The number of benzene rings is 1. The normalized spacial score (nSPS) is 17.2. The number of aromatic nitrogens is 1. The van der Waals surface area contributed by atoms with Crippen LogP contribution in [0.15, 0.2) is 27.3 Å². The Hall–Kier alpha value is -2.01. The van der Waals surface area contributed by atoms with E-state index in [4.69, 9.17) is 9.78 Å². The molecule has 0 spiro atoms. The first-order valence-electron chi connectivity index (χ1n) is 6.82. The Kier molecular flexibility index (Phi) is 3.84. The third-order valence-electron chi connectivity index (χ3n) is 3.89. The molecule has 8 heteroatoms. The summed E-state index contributed by atoms with van der Waals surface area (Å²) in [6, 6.07) is 5.98. The highest BCUT2D eigenvalue weighted by Gasteiger charge is 2.41. The number of hydrogen-bond acceptors (Lipinski definition) is 4. The third-order valence-corrected chi connectivity index (χ3v) is 4.26. The highest BCUT2D eigenvalue weighted by molar-refractivity contribution is 9.10. The Balaban J connectivity index is 2.06. The van der Waals surface area contributed by atoms with Crippen LogP contribution in [-0.2, 0) is 19.1 Å². The fourth-order valence-corrected chi connectivity index (χ4v) is 3.27. The van der Waals surface area contributed by atoms with Gasteiger partial charge in [0.25, 0.3) is 0 Å². The van der Waals surface area contributed by atoms with Gasteiger partial charge in [0.2, 0.25) is 0 Å². The number of rotatable bonds is 2. The maximum absolute atomic E-state index is 13.4.